The van der Waals surface area contributed by atoms with Crippen LogP contribution in [0, 0.1) is 18.8 Å². The number of nitrogens with zero attached hydrogens (tertiary/aromatic N) is 1. The highest BCUT2D eigenvalue weighted by molar-refractivity contribution is 5.92. The predicted molar refractivity (Wildman–Crippen MR) is 75.8 cm³/mol. The molecule has 4 nitrogen and oxygen atoms in total. The van der Waals surface area contributed by atoms with E-state index in [1.165, 1.54) is 0 Å². The molecule has 1 N–H and O–H groups in total. The van der Waals surface area contributed by atoms with Gasteiger partial charge in [0.05, 0.1) is 0 Å². The Morgan fingerprint density at radius 2 is 2.05 bits per heavy atom. The highest BCUT2D eigenvalue weighted by Gasteiger charge is 2.39. The van der Waals surface area contributed by atoms with Gasteiger partial charge in [0.25, 0.3) is 5.91 Å². The zero-order chi connectivity index (χ0) is 12.7. The Labute approximate surface area is 119 Å². The van der Waals surface area contributed by atoms with Gasteiger partial charge < -0.3 is 14.6 Å². The first-order chi connectivity index (χ1) is 8.69. The van der Waals surface area contributed by atoms with Crippen LogP contribution in [0.1, 0.15) is 28.8 Å². The number of hydrogen-bond donors (Lipinski definition) is 1. The van der Waals surface area contributed by atoms with E-state index < -0.39 is 0 Å². The number of furan rings is 1. The van der Waals surface area contributed by atoms with E-state index >= 15 is 0 Å². The minimum Gasteiger partial charge on any atom is -0.456 e. The second-order valence-corrected chi connectivity index (χ2v) is 5.46. The molecule has 3 rings (SSSR count). The summed E-state index contributed by atoms with van der Waals surface area (Å²) in [6.07, 6.45) is 0.842. The molecule has 1 amide bonds. The van der Waals surface area contributed by atoms with Crippen molar-refractivity contribution in [1.29, 1.82) is 0 Å². The molecule has 3 heterocycles. The summed E-state index contributed by atoms with van der Waals surface area (Å²) < 4.78 is 5.65. The lowest BCUT2D eigenvalue weighted by Gasteiger charge is -2.15. The summed E-state index contributed by atoms with van der Waals surface area (Å²) in [7, 11) is 0. The van der Waals surface area contributed by atoms with Crippen LogP contribution < -0.4 is 5.32 Å². The van der Waals surface area contributed by atoms with Crippen molar-refractivity contribution < 1.29 is 9.21 Å². The van der Waals surface area contributed by atoms with Crippen molar-refractivity contribution in [1.82, 2.24) is 10.2 Å². The molecule has 0 unspecified atom stereocenters. The van der Waals surface area contributed by atoms with Crippen LogP contribution in [0.15, 0.2) is 10.5 Å². The van der Waals surface area contributed by atoms with Crippen LogP contribution in [0.3, 0.4) is 0 Å². The number of carbonyl (C=O) groups is 1. The molecule has 0 saturated carbocycles. The Kier molecular flexibility index (Phi) is 4.21. The van der Waals surface area contributed by atoms with Gasteiger partial charge in [0, 0.05) is 32.6 Å². The van der Waals surface area contributed by atoms with Crippen molar-refractivity contribution in [2.24, 2.45) is 11.8 Å². The van der Waals surface area contributed by atoms with Gasteiger partial charge in [0.15, 0.2) is 5.76 Å². The summed E-state index contributed by atoms with van der Waals surface area (Å²) in [5.41, 5.74) is 1.09. The lowest BCUT2D eigenvalue weighted by Crippen LogP contribution is -2.31. The summed E-state index contributed by atoms with van der Waals surface area (Å²) in [6, 6.07) is 1.88. The topological polar surface area (TPSA) is 45.5 Å². The Balaban J connectivity index is 0.00000133. The summed E-state index contributed by atoms with van der Waals surface area (Å²) in [5, 5.41) is 3.38. The van der Waals surface area contributed by atoms with Gasteiger partial charge in [-0.3, -0.25) is 4.79 Å². The van der Waals surface area contributed by atoms with Crippen LogP contribution in [0.2, 0.25) is 0 Å². The lowest BCUT2D eigenvalue weighted by atomic mass is 10.0. The number of amides is 1. The molecule has 19 heavy (non-hydrogen) atoms. The van der Waals surface area contributed by atoms with Gasteiger partial charge in [-0.1, -0.05) is 6.92 Å². The minimum absolute atomic E-state index is 0. The fourth-order valence-electron chi connectivity index (χ4n) is 3.15. The Bertz CT molecular complexity index is 460. The molecule has 0 radical (unpaired) electrons. The van der Waals surface area contributed by atoms with E-state index in [1.54, 1.807) is 0 Å². The van der Waals surface area contributed by atoms with Gasteiger partial charge in [0.1, 0.15) is 5.76 Å². The molecule has 106 valence electrons. The molecule has 0 bridgehead atoms. The minimum atomic E-state index is 0. The van der Waals surface area contributed by atoms with Gasteiger partial charge in [-0.25, -0.2) is 0 Å². The van der Waals surface area contributed by atoms with Crippen LogP contribution in [-0.4, -0.2) is 37.0 Å². The first kappa shape index (κ1) is 14.4. The smallest absolute Gasteiger partial charge is 0.289 e. The van der Waals surface area contributed by atoms with Gasteiger partial charge in [-0.15, -0.1) is 12.4 Å². The molecule has 0 spiro atoms. The largest absolute Gasteiger partial charge is 0.456 e. The zero-order valence-corrected chi connectivity index (χ0v) is 12.3. The number of hydrogen-bond acceptors (Lipinski definition) is 3. The van der Waals surface area contributed by atoms with E-state index in [1.807, 2.05) is 24.8 Å². The Morgan fingerprint density at radius 1 is 1.42 bits per heavy atom. The van der Waals surface area contributed by atoms with Crippen LogP contribution in [0.5, 0.6) is 0 Å². The number of carbonyl (C=O) groups excluding carboxylic acids is 1. The predicted octanol–water partition coefficient (Wildman–Crippen LogP) is 1.86. The maximum Gasteiger partial charge on any atom is 0.289 e. The summed E-state index contributed by atoms with van der Waals surface area (Å²) in [5.74, 6) is 2.77. The van der Waals surface area contributed by atoms with Crippen molar-refractivity contribution in [3.8, 4) is 0 Å². The fourth-order valence-corrected chi connectivity index (χ4v) is 3.15. The molecular formula is C14H21ClN2O2. The lowest BCUT2D eigenvalue weighted by molar-refractivity contribution is 0.0748. The highest BCUT2D eigenvalue weighted by atomic mass is 35.5. The number of nitrogens with one attached hydrogen (secondary N) is 1. The van der Waals surface area contributed by atoms with E-state index in [4.69, 9.17) is 4.42 Å². The second-order valence-electron chi connectivity index (χ2n) is 5.46. The first-order valence-electron chi connectivity index (χ1n) is 6.78. The van der Waals surface area contributed by atoms with E-state index in [-0.39, 0.29) is 18.3 Å². The van der Waals surface area contributed by atoms with E-state index in [9.17, 15) is 4.79 Å². The Morgan fingerprint density at radius 3 is 2.58 bits per heavy atom. The average molecular weight is 285 g/mol. The van der Waals surface area contributed by atoms with Crippen LogP contribution >= 0.6 is 12.4 Å². The van der Waals surface area contributed by atoms with Gasteiger partial charge in [-0.2, -0.15) is 0 Å². The number of halogens is 1. The zero-order valence-electron chi connectivity index (χ0n) is 11.4. The number of rotatable bonds is 2. The maximum atomic E-state index is 12.4. The molecular weight excluding hydrogens is 264 g/mol. The molecule has 2 atom stereocenters. The van der Waals surface area contributed by atoms with Crippen molar-refractivity contribution >= 4 is 18.3 Å². The molecule has 2 fully saturated rings. The summed E-state index contributed by atoms with van der Waals surface area (Å²) in [4.78, 5) is 14.3. The molecule has 5 heteroatoms. The molecule has 2 aliphatic rings. The van der Waals surface area contributed by atoms with Gasteiger partial charge in [0.2, 0.25) is 0 Å². The standard InChI is InChI=1S/C14H20N2O2.ClH/c1-3-12-9(2)4-13(18-12)14(17)16-7-10-5-15-6-11(10)8-16;/h4,10-11,15H,3,5-8H2,1-2H3;1H/t10-,11+;. The Hall–Kier alpha value is -1.00. The molecule has 2 aliphatic heterocycles. The monoisotopic (exact) mass is 284 g/mol. The molecule has 1 aromatic rings. The summed E-state index contributed by atoms with van der Waals surface area (Å²) in [6.45, 7) is 7.89. The van der Waals surface area contributed by atoms with Gasteiger partial charge >= 0.3 is 0 Å². The van der Waals surface area contributed by atoms with Crippen LogP contribution in [0.4, 0.5) is 0 Å². The highest BCUT2D eigenvalue weighted by Crippen LogP contribution is 2.28. The average Bonchev–Trinajstić information content (AvgIpc) is 3.00. The quantitative estimate of drug-likeness (QED) is 0.902. The number of aryl methyl sites for hydroxylation is 2. The second kappa shape index (κ2) is 5.55. The van der Waals surface area contributed by atoms with Crippen molar-refractivity contribution in [2.75, 3.05) is 26.2 Å². The third kappa shape index (κ3) is 2.51. The van der Waals surface area contributed by atoms with E-state index in [0.717, 1.165) is 43.9 Å². The van der Waals surface area contributed by atoms with Crippen LogP contribution in [-0.2, 0) is 6.42 Å². The van der Waals surface area contributed by atoms with Crippen molar-refractivity contribution in [3.05, 3.63) is 23.2 Å². The fraction of sp³-hybridized carbons (Fsp3) is 0.643. The van der Waals surface area contributed by atoms with E-state index in [2.05, 4.69) is 5.32 Å². The molecule has 0 aliphatic carbocycles. The van der Waals surface area contributed by atoms with Gasteiger partial charge in [-0.05, 0) is 30.4 Å². The van der Waals surface area contributed by atoms with E-state index in [0.29, 0.717) is 17.6 Å². The number of fused-ring (bicyclic) bond motifs is 1. The van der Waals surface area contributed by atoms with Crippen molar-refractivity contribution in [3.63, 3.8) is 0 Å². The molecule has 1 aromatic heterocycles. The molecule has 0 aromatic carbocycles. The third-order valence-corrected chi connectivity index (χ3v) is 4.23. The van der Waals surface area contributed by atoms with Crippen LogP contribution in [0.25, 0.3) is 0 Å². The normalized spacial score (nSPS) is 25.3. The number of likely N-dealkylation sites (tertiary alicyclic amines) is 1. The summed E-state index contributed by atoms with van der Waals surface area (Å²) >= 11 is 0. The maximum absolute atomic E-state index is 12.4. The third-order valence-electron chi connectivity index (χ3n) is 4.23. The molecule has 2 saturated heterocycles. The SMILES string of the molecule is CCc1oc(C(=O)N2C[C@H]3CNC[C@H]3C2)cc1C.Cl. The van der Waals surface area contributed by atoms with Crippen molar-refractivity contribution in [2.45, 2.75) is 20.3 Å². The first-order valence-corrected chi connectivity index (χ1v) is 6.78.